The maximum Gasteiger partial charge on any atom is 0.140 e. The van der Waals surface area contributed by atoms with Gasteiger partial charge in [-0.3, -0.25) is 0 Å². The van der Waals surface area contributed by atoms with E-state index in [1.165, 1.54) is 25.7 Å². The molecule has 0 radical (unpaired) electrons. The molecule has 1 fully saturated rings. The lowest BCUT2D eigenvalue weighted by molar-refractivity contribution is 0.332. The highest BCUT2D eigenvalue weighted by molar-refractivity contribution is 9.10. The van der Waals surface area contributed by atoms with Crippen molar-refractivity contribution >= 4 is 21.7 Å². The maximum absolute atomic E-state index is 5.81. The lowest BCUT2D eigenvalue weighted by Gasteiger charge is -2.31. The lowest BCUT2D eigenvalue weighted by atomic mass is 9.84. The molecule has 88 valence electrons. The van der Waals surface area contributed by atoms with Gasteiger partial charge in [0, 0.05) is 12.2 Å². The highest BCUT2D eigenvalue weighted by Gasteiger charge is 2.24. The number of nitrogens with zero attached hydrogens (tertiary/aromatic N) is 1. The van der Waals surface area contributed by atoms with Crippen molar-refractivity contribution in [2.24, 2.45) is 11.7 Å². The summed E-state index contributed by atoms with van der Waals surface area (Å²) in [5.74, 6) is 1.52. The topological polar surface area (TPSA) is 50.9 Å². The first-order chi connectivity index (χ1) is 7.81. The molecular weight excluding hydrogens is 266 g/mol. The van der Waals surface area contributed by atoms with Crippen LogP contribution in [0, 0.1) is 5.92 Å². The second-order valence-electron chi connectivity index (χ2n) is 4.36. The predicted octanol–water partition coefficient (Wildman–Crippen LogP) is 2.77. The molecule has 1 saturated carbocycles. The van der Waals surface area contributed by atoms with Crippen LogP contribution in [0.3, 0.4) is 0 Å². The number of aromatic nitrogens is 1. The Morgan fingerprint density at radius 3 is 3.00 bits per heavy atom. The zero-order valence-corrected chi connectivity index (χ0v) is 10.9. The summed E-state index contributed by atoms with van der Waals surface area (Å²) < 4.78 is 1.02. The van der Waals surface area contributed by atoms with Gasteiger partial charge < -0.3 is 11.1 Å². The Hall–Kier alpha value is -0.610. The van der Waals surface area contributed by atoms with Crippen molar-refractivity contribution in [3.05, 3.63) is 22.8 Å². The third kappa shape index (κ3) is 2.74. The number of hydrogen-bond acceptors (Lipinski definition) is 3. The molecule has 0 aromatic carbocycles. The number of rotatable bonds is 3. The summed E-state index contributed by atoms with van der Waals surface area (Å²) in [7, 11) is 0. The van der Waals surface area contributed by atoms with Gasteiger partial charge in [0.15, 0.2) is 0 Å². The number of nitrogens with one attached hydrogen (secondary N) is 1. The van der Waals surface area contributed by atoms with Gasteiger partial charge in [0.1, 0.15) is 5.82 Å². The molecule has 3 N–H and O–H groups in total. The van der Waals surface area contributed by atoms with Gasteiger partial charge in [0.05, 0.1) is 4.47 Å². The SMILES string of the molecule is NCC1CCCCC1Nc1ncccc1Br. The molecule has 4 heteroatoms. The maximum atomic E-state index is 5.81. The molecule has 0 amide bonds. The average Bonchev–Trinajstić information content (AvgIpc) is 2.33. The summed E-state index contributed by atoms with van der Waals surface area (Å²) in [4.78, 5) is 4.34. The molecule has 2 rings (SSSR count). The predicted molar refractivity (Wildman–Crippen MR) is 70.4 cm³/mol. The molecular formula is C12H18BrN3. The standard InChI is InChI=1S/C12H18BrN3/c13-10-5-3-7-15-12(10)16-11-6-2-1-4-9(11)8-14/h3,5,7,9,11H,1-2,4,6,8,14H2,(H,15,16). The van der Waals surface area contributed by atoms with Gasteiger partial charge in [0.25, 0.3) is 0 Å². The minimum absolute atomic E-state index is 0.477. The fraction of sp³-hybridized carbons (Fsp3) is 0.583. The minimum Gasteiger partial charge on any atom is -0.366 e. The molecule has 0 spiro atoms. The van der Waals surface area contributed by atoms with Gasteiger partial charge in [-0.1, -0.05) is 12.8 Å². The van der Waals surface area contributed by atoms with Crippen molar-refractivity contribution in [3.8, 4) is 0 Å². The van der Waals surface area contributed by atoms with Crippen LogP contribution in [-0.4, -0.2) is 17.6 Å². The third-order valence-electron chi connectivity index (χ3n) is 3.29. The van der Waals surface area contributed by atoms with E-state index in [1.807, 2.05) is 18.3 Å². The summed E-state index contributed by atoms with van der Waals surface area (Å²) in [6, 6.07) is 4.41. The Morgan fingerprint density at radius 2 is 2.25 bits per heavy atom. The van der Waals surface area contributed by atoms with Crippen molar-refractivity contribution in [1.82, 2.24) is 4.98 Å². The second kappa shape index (κ2) is 5.64. The molecule has 0 bridgehead atoms. The summed E-state index contributed by atoms with van der Waals surface area (Å²) in [5.41, 5.74) is 5.81. The Kier molecular flexibility index (Phi) is 4.18. The summed E-state index contributed by atoms with van der Waals surface area (Å²) in [6.45, 7) is 0.766. The number of nitrogens with two attached hydrogens (primary N) is 1. The first kappa shape index (κ1) is 11.9. The van der Waals surface area contributed by atoms with Crippen molar-refractivity contribution < 1.29 is 0 Å². The highest BCUT2D eigenvalue weighted by Crippen LogP contribution is 2.28. The van der Waals surface area contributed by atoms with E-state index in [9.17, 15) is 0 Å². The van der Waals surface area contributed by atoms with E-state index in [-0.39, 0.29) is 0 Å². The normalized spacial score (nSPS) is 25.4. The number of halogens is 1. The molecule has 1 aromatic rings. The Morgan fingerprint density at radius 1 is 1.44 bits per heavy atom. The van der Waals surface area contributed by atoms with Crippen LogP contribution >= 0.6 is 15.9 Å². The van der Waals surface area contributed by atoms with E-state index in [0.29, 0.717) is 12.0 Å². The lowest BCUT2D eigenvalue weighted by Crippen LogP contribution is -2.37. The Balaban J connectivity index is 2.05. The number of hydrogen-bond donors (Lipinski definition) is 2. The van der Waals surface area contributed by atoms with Crippen molar-refractivity contribution in [2.45, 2.75) is 31.7 Å². The molecule has 0 aliphatic heterocycles. The zero-order chi connectivity index (χ0) is 11.4. The van der Waals surface area contributed by atoms with E-state index in [4.69, 9.17) is 5.73 Å². The first-order valence-corrected chi connectivity index (χ1v) is 6.67. The van der Waals surface area contributed by atoms with Crippen LogP contribution < -0.4 is 11.1 Å². The van der Waals surface area contributed by atoms with Crippen molar-refractivity contribution in [1.29, 1.82) is 0 Å². The van der Waals surface area contributed by atoms with Gasteiger partial charge in [-0.25, -0.2) is 4.98 Å². The second-order valence-corrected chi connectivity index (χ2v) is 5.22. The van der Waals surface area contributed by atoms with Crippen LogP contribution in [0.25, 0.3) is 0 Å². The summed E-state index contributed by atoms with van der Waals surface area (Å²) in [6.07, 6.45) is 6.85. The summed E-state index contributed by atoms with van der Waals surface area (Å²) in [5, 5.41) is 3.51. The summed E-state index contributed by atoms with van der Waals surface area (Å²) >= 11 is 3.51. The van der Waals surface area contributed by atoms with E-state index >= 15 is 0 Å². The van der Waals surface area contributed by atoms with Crippen molar-refractivity contribution in [3.63, 3.8) is 0 Å². The van der Waals surface area contributed by atoms with Crippen LogP contribution in [-0.2, 0) is 0 Å². The molecule has 16 heavy (non-hydrogen) atoms. The van der Waals surface area contributed by atoms with E-state index in [2.05, 4.69) is 26.2 Å². The molecule has 1 aliphatic carbocycles. The van der Waals surface area contributed by atoms with Crippen molar-refractivity contribution in [2.75, 3.05) is 11.9 Å². The smallest absolute Gasteiger partial charge is 0.140 e. The van der Waals surface area contributed by atoms with Gasteiger partial charge in [-0.2, -0.15) is 0 Å². The van der Waals surface area contributed by atoms with Gasteiger partial charge in [0.2, 0.25) is 0 Å². The molecule has 2 atom stereocenters. The minimum atomic E-state index is 0.477. The molecule has 1 aliphatic rings. The quantitative estimate of drug-likeness (QED) is 0.897. The number of anilines is 1. The van der Waals surface area contributed by atoms with Crippen LogP contribution in [0.2, 0.25) is 0 Å². The van der Waals surface area contributed by atoms with Crippen LogP contribution in [0.15, 0.2) is 22.8 Å². The molecule has 3 nitrogen and oxygen atoms in total. The molecule has 1 aromatic heterocycles. The van der Waals surface area contributed by atoms with Crippen LogP contribution in [0.5, 0.6) is 0 Å². The van der Waals surface area contributed by atoms with Crippen LogP contribution in [0.1, 0.15) is 25.7 Å². The zero-order valence-electron chi connectivity index (χ0n) is 9.32. The first-order valence-electron chi connectivity index (χ1n) is 5.88. The fourth-order valence-corrected chi connectivity index (χ4v) is 2.72. The third-order valence-corrected chi connectivity index (χ3v) is 3.93. The highest BCUT2D eigenvalue weighted by atomic mass is 79.9. The molecule has 2 unspecified atom stereocenters. The fourth-order valence-electron chi connectivity index (χ4n) is 2.35. The van der Waals surface area contributed by atoms with E-state index in [1.54, 1.807) is 0 Å². The average molecular weight is 284 g/mol. The van der Waals surface area contributed by atoms with Gasteiger partial charge in [-0.15, -0.1) is 0 Å². The molecule has 0 saturated heterocycles. The Labute approximate surface area is 105 Å². The number of pyridine rings is 1. The van der Waals surface area contributed by atoms with Crippen LogP contribution in [0.4, 0.5) is 5.82 Å². The monoisotopic (exact) mass is 283 g/mol. The van der Waals surface area contributed by atoms with Gasteiger partial charge in [-0.05, 0) is 53.4 Å². The Bertz CT molecular complexity index is 343. The van der Waals surface area contributed by atoms with E-state index in [0.717, 1.165) is 16.8 Å². The van der Waals surface area contributed by atoms with Gasteiger partial charge >= 0.3 is 0 Å². The largest absolute Gasteiger partial charge is 0.366 e. The van der Waals surface area contributed by atoms with E-state index < -0.39 is 0 Å². The molecule has 1 heterocycles.